The molecule has 1 fully saturated rings. The van der Waals surface area contributed by atoms with Crippen molar-refractivity contribution >= 4 is 17.3 Å². The van der Waals surface area contributed by atoms with Crippen molar-refractivity contribution in [2.75, 3.05) is 45.2 Å². The number of methoxy groups -OCH3 is 1. The fraction of sp³-hybridized carbons (Fsp3) is 0.409. The van der Waals surface area contributed by atoms with Crippen LogP contribution in [0.3, 0.4) is 0 Å². The lowest BCUT2D eigenvalue weighted by Crippen LogP contribution is -3.28. The predicted molar refractivity (Wildman–Crippen MR) is 114 cm³/mol. The minimum absolute atomic E-state index is 0.0600. The van der Waals surface area contributed by atoms with Crippen LogP contribution in [0, 0.1) is 24.0 Å². The number of carbonyl (C=O) groups excluding carboxylic acids is 1. The van der Waals surface area contributed by atoms with Crippen LogP contribution in [0.4, 0.5) is 11.4 Å². The fourth-order valence-electron chi connectivity index (χ4n) is 3.82. The molecule has 0 atom stereocenters. The van der Waals surface area contributed by atoms with E-state index in [2.05, 4.69) is 17.4 Å². The second kappa shape index (κ2) is 9.69. The second-order valence-electron chi connectivity index (χ2n) is 7.96. The van der Waals surface area contributed by atoms with Gasteiger partial charge in [0.15, 0.2) is 6.54 Å². The van der Waals surface area contributed by atoms with Crippen LogP contribution in [0.2, 0.25) is 0 Å². The molecule has 0 unspecified atom stereocenters. The molecule has 1 saturated heterocycles. The maximum atomic E-state index is 12.5. The zero-order valence-electron chi connectivity index (χ0n) is 17.8. The van der Waals surface area contributed by atoms with Gasteiger partial charge < -0.3 is 19.9 Å². The Bertz CT molecular complexity index is 906. The number of quaternary nitrogens is 2. The van der Waals surface area contributed by atoms with E-state index < -0.39 is 4.92 Å². The quantitative estimate of drug-likeness (QED) is 0.444. The lowest BCUT2D eigenvalue weighted by molar-refractivity contribution is -1.02. The van der Waals surface area contributed by atoms with Crippen LogP contribution in [-0.2, 0) is 11.3 Å². The molecular formula is C22H30N4O4+2. The summed E-state index contributed by atoms with van der Waals surface area (Å²) in [5.74, 6) is 0.674. The average molecular weight is 415 g/mol. The molecule has 160 valence electrons. The second-order valence-corrected chi connectivity index (χ2v) is 7.96. The van der Waals surface area contributed by atoms with Gasteiger partial charge in [-0.1, -0.05) is 0 Å². The van der Waals surface area contributed by atoms with Gasteiger partial charge in [0.25, 0.3) is 11.6 Å². The first kappa shape index (κ1) is 21.7. The van der Waals surface area contributed by atoms with Crippen LogP contribution in [-0.4, -0.2) is 50.7 Å². The van der Waals surface area contributed by atoms with E-state index in [4.69, 9.17) is 4.74 Å². The Morgan fingerprint density at radius 1 is 1.07 bits per heavy atom. The Hall–Kier alpha value is -2.97. The summed E-state index contributed by atoms with van der Waals surface area (Å²) >= 11 is 0. The van der Waals surface area contributed by atoms with Gasteiger partial charge >= 0.3 is 0 Å². The molecule has 8 heteroatoms. The van der Waals surface area contributed by atoms with Crippen molar-refractivity contribution < 1.29 is 24.3 Å². The van der Waals surface area contributed by atoms with Crippen molar-refractivity contribution in [3.63, 3.8) is 0 Å². The number of anilines is 1. The Balaban J connectivity index is 1.50. The first-order chi connectivity index (χ1) is 14.4. The molecule has 0 saturated carbocycles. The van der Waals surface area contributed by atoms with Gasteiger partial charge in [-0.05, 0) is 55.3 Å². The van der Waals surface area contributed by atoms with E-state index in [9.17, 15) is 14.9 Å². The zero-order valence-corrected chi connectivity index (χ0v) is 17.8. The molecule has 2 aromatic carbocycles. The van der Waals surface area contributed by atoms with Crippen molar-refractivity contribution in [3.8, 4) is 5.75 Å². The average Bonchev–Trinajstić information content (AvgIpc) is 2.72. The molecule has 1 aliphatic rings. The highest BCUT2D eigenvalue weighted by atomic mass is 16.6. The number of nitro benzene ring substituents is 1. The van der Waals surface area contributed by atoms with E-state index >= 15 is 0 Å². The largest absolute Gasteiger partial charge is 0.497 e. The highest BCUT2D eigenvalue weighted by Gasteiger charge is 2.26. The maximum absolute atomic E-state index is 12.5. The Morgan fingerprint density at radius 2 is 1.67 bits per heavy atom. The lowest BCUT2D eigenvalue weighted by Gasteiger charge is -2.29. The van der Waals surface area contributed by atoms with Crippen LogP contribution in [0.5, 0.6) is 5.75 Å². The van der Waals surface area contributed by atoms with Gasteiger partial charge in [0.1, 0.15) is 44.2 Å². The normalized spacial score (nSPS) is 18.6. The molecule has 0 radical (unpaired) electrons. The molecule has 1 aliphatic heterocycles. The number of hydrogen-bond acceptors (Lipinski definition) is 4. The van der Waals surface area contributed by atoms with E-state index in [1.54, 1.807) is 13.2 Å². The van der Waals surface area contributed by atoms with Crippen molar-refractivity contribution in [3.05, 3.63) is 63.2 Å². The lowest BCUT2D eigenvalue weighted by atomic mass is 10.1. The van der Waals surface area contributed by atoms with Crippen LogP contribution in [0.25, 0.3) is 0 Å². The van der Waals surface area contributed by atoms with E-state index in [-0.39, 0.29) is 17.3 Å². The number of carbonyl (C=O) groups is 1. The van der Waals surface area contributed by atoms with Gasteiger partial charge in [0.05, 0.1) is 12.0 Å². The van der Waals surface area contributed by atoms with Gasteiger partial charge in [-0.25, -0.2) is 0 Å². The third-order valence-corrected chi connectivity index (χ3v) is 5.77. The zero-order chi connectivity index (χ0) is 21.7. The smallest absolute Gasteiger partial charge is 0.293 e. The highest BCUT2D eigenvalue weighted by molar-refractivity contribution is 5.94. The summed E-state index contributed by atoms with van der Waals surface area (Å²) in [5.41, 5.74) is 3.24. The molecule has 3 rings (SSSR count). The van der Waals surface area contributed by atoms with Crippen molar-refractivity contribution in [2.45, 2.75) is 20.4 Å². The number of nitro groups is 1. The summed E-state index contributed by atoms with van der Waals surface area (Å²) in [6.07, 6.45) is 0. The number of hydrogen-bond donors (Lipinski definition) is 3. The van der Waals surface area contributed by atoms with E-state index in [1.165, 1.54) is 21.4 Å². The minimum atomic E-state index is -0.448. The van der Waals surface area contributed by atoms with Gasteiger partial charge in [0, 0.05) is 11.6 Å². The van der Waals surface area contributed by atoms with E-state index in [0.29, 0.717) is 6.54 Å². The summed E-state index contributed by atoms with van der Waals surface area (Å²) < 4.78 is 5.20. The molecule has 0 aliphatic carbocycles. The summed E-state index contributed by atoms with van der Waals surface area (Å²) in [5, 5.41) is 14.1. The number of aryl methyl sites for hydroxylation is 2. The Kier molecular flexibility index (Phi) is 7.02. The number of rotatable bonds is 7. The summed E-state index contributed by atoms with van der Waals surface area (Å²) in [4.78, 5) is 26.1. The van der Waals surface area contributed by atoms with E-state index in [0.717, 1.165) is 49.6 Å². The summed E-state index contributed by atoms with van der Waals surface area (Å²) in [6, 6.07) is 11.3. The predicted octanol–water partition coefficient (Wildman–Crippen LogP) is 0.142. The SMILES string of the molecule is COc1ccc(C[NH+]2CC[NH+](CC(=O)Nc3cc(C)c(C)cc3[N+](=O)[O-])CC2)cc1. The van der Waals surface area contributed by atoms with Gasteiger partial charge in [-0.15, -0.1) is 0 Å². The molecule has 2 aromatic rings. The topological polar surface area (TPSA) is 90.4 Å². The van der Waals surface area contributed by atoms with Crippen molar-refractivity contribution in [1.29, 1.82) is 0 Å². The highest BCUT2D eigenvalue weighted by Crippen LogP contribution is 2.27. The van der Waals surface area contributed by atoms with Crippen LogP contribution in [0.15, 0.2) is 36.4 Å². The third-order valence-electron chi connectivity index (χ3n) is 5.77. The minimum Gasteiger partial charge on any atom is -0.497 e. The fourth-order valence-corrected chi connectivity index (χ4v) is 3.82. The summed E-state index contributed by atoms with van der Waals surface area (Å²) in [6.45, 7) is 8.74. The number of amides is 1. The number of benzene rings is 2. The molecule has 8 nitrogen and oxygen atoms in total. The monoisotopic (exact) mass is 414 g/mol. The van der Waals surface area contributed by atoms with E-state index in [1.807, 2.05) is 26.0 Å². The van der Waals surface area contributed by atoms with Crippen molar-refractivity contribution in [2.24, 2.45) is 0 Å². The number of ether oxygens (including phenoxy) is 1. The molecule has 1 heterocycles. The molecule has 1 amide bonds. The van der Waals surface area contributed by atoms with Crippen molar-refractivity contribution in [1.82, 2.24) is 0 Å². The Morgan fingerprint density at radius 3 is 2.27 bits per heavy atom. The number of nitrogens with one attached hydrogen (secondary N) is 3. The molecular weight excluding hydrogens is 384 g/mol. The molecule has 0 spiro atoms. The number of piperazine rings is 1. The van der Waals surface area contributed by atoms with Gasteiger partial charge in [-0.2, -0.15) is 0 Å². The van der Waals surface area contributed by atoms with Crippen LogP contribution >= 0.6 is 0 Å². The van der Waals surface area contributed by atoms with Gasteiger partial charge in [-0.3, -0.25) is 14.9 Å². The summed E-state index contributed by atoms with van der Waals surface area (Å²) in [7, 11) is 1.66. The Labute approximate surface area is 176 Å². The van der Waals surface area contributed by atoms with Crippen LogP contribution in [0.1, 0.15) is 16.7 Å². The van der Waals surface area contributed by atoms with Crippen LogP contribution < -0.4 is 19.9 Å². The first-order valence-electron chi connectivity index (χ1n) is 10.2. The van der Waals surface area contributed by atoms with Gasteiger partial charge in [0.2, 0.25) is 0 Å². The maximum Gasteiger partial charge on any atom is 0.293 e. The third kappa shape index (κ3) is 5.55. The molecule has 3 N–H and O–H groups in total. The number of nitrogens with zero attached hydrogens (tertiary/aromatic N) is 1. The molecule has 0 bridgehead atoms. The molecule has 30 heavy (non-hydrogen) atoms. The molecule has 0 aromatic heterocycles. The standard InChI is InChI=1S/C22H28N4O4/c1-16-12-20(21(26(28)29)13-17(16)2)23-22(27)15-25-10-8-24(9-11-25)14-18-4-6-19(30-3)7-5-18/h4-7,12-13H,8-11,14-15H2,1-3H3,(H,23,27)/p+2. The first-order valence-corrected chi connectivity index (χ1v) is 10.2.